The van der Waals surface area contributed by atoms with Gasteiger partial charge in [-0.05, 0) is 25.7 Å². The van der Waals surface area contributed by atoms with Gasteiger partial charge in [-0.1, -0.05) is 46.5 Å². The number of hydrogen-bond donors (Lipinski definition) is 0. The van der Waals surface area contributed by atoms with Crippen LogP contribution < -0.4 is 0 Å². The molecule has 0 saturated carbocycles. The van der Waals surface area contributed by atoms with E-state index in [2.05, 4.69) is 25.8 Å². The molecule has 0 spiro atoms. The van der Waals surface area contributed by atoms with Crippen LogP contribution in [0, 0.1) is 5.92 Å². The molecule has 148 valence electrons. The van der Waals surface area contributed by atoms with Gasteiger partial charge >= 0.3 is 5.97 Å². The van der Waals surface area contributed by atoms with Crippen molar-refractivity contribution in [1.29, 1.82) is 0 Å². The normalized spacial score (nSPS) is 11.0. The predicted molar refractivity (Wildman–Crippen MR) is 106 cm³/mol. The molecule has 1 rings (SSSR count). The predicted octanol–water partition coefficient (Wildman–Crippen LogP) is 5.06. The average Bonchev–Trinajstić information content (AvgIpc) is 3.07. The summed E-state index contributed by atoms with van der Waals surface area (Å²) in [5, 5.41) is 2.50. The molecule has 0 aliphatic carbocycles. The number of rotatable bonds is 13. The van der Waals surface area contributed by atoms with Crippen molar-refractivity contribution in [2.24, 2.45) is 5.92 Å². The maximum absolute atomic E-state index is 12.6. The number of carbonyl (C=O) groups is 2. The molecule has 1 aromatic heterocycles. The average molecular weight is 383 g/mol. The van der Waals surface area contributed by atoms with E-state index >= 15 is 0 Å². The molecule has 0 aromatic carbocycles. The third-order valence-electron chi connectivity index (χ3n) is 4.19. The molecule has 6 heteroatoms. The molecule has 0 atom stereocenters. The summed E-state index contributed by atoms with van der Waals surface area (Å²) in [6.07, 6.45) is 7.27. The second kappa shape index (κ2) is 12.8. The fourth-order valence-electron chi connectivity index (χ4n) is 2.59. The zero-order valence-electron chi connectivity index (χ0n) is 16.8. The van der Waals surface area contributed by atoms with Crippen molar-refractivity contribution in [2.45, 2.75) is 79.2 Å². The van der Waals surface area contributed by atoms with Crippen molar-refractivity contribution in [3.63, 3.8) is 0 Å². The highest BCUT2D eigenvalue weighted by Crippen LogP contribution is 2.16. The Bertz CT molecular complexity index is 543. The summed E-state index contributed by atoms with van der Waals surface area (Å²) in [5.74, 6) is 0.335. The van der Waals surface area contributed by atoms with Gasteiger partial charge in [0.2, 0.25) is 5.91 Å². The van der Waals surface area contributed by atoms with Crippen molar-refractivity contribution in [2.75, 3.05) is 13.2 Å². The van der Waals surface area contributed by atoms with Gasteiger partial charge in [-0.2, -0.15) is 0 Å². The van der Waals surface area contributed by atoms with Gasteiger partial charge in [-0.15, -0.1) is 11.3 Å². The van der Waals surface area contributed by atoms with Crippen LogP contribution in [-0.2, 0) is 16.1 Å². The summed E-state index contributed by atoms with van der Waals surface area (Å²) in [7, 11) is 0. The Balaban J connectivity index is 2.61. The molecule has 0 radical (unpaired) electrons. The lowest BCUT2D eigenvalue weighted by atomic mass is 10.1. The minimum absolute atomic E-state index is 0.190. The van der Waals surface area contributed by atoms with Crippen LogP contribution in [0.15, 0.2) is 5.38 Å². The van der Waals surface area contributed by atoms with Gasteiger partial charge in [0.25, 0.3) is 0 Å². The summed E-state index contributed by atoms with van der Waals surface area (Å²) < 4.78 is 4.98. The number of amides is 1. The molecule has 0 fully saturated rings. The van der Waals surface area contributed by atoms with E-state index in [-0.39, 0.29) is 5.91 Å². The van der Waals surface area contributed by atoms with Gasteiger partial charge in [0.15, 0.2) is 5.69 Å². The van der Waals surface area contributed by atoms with Crippen molar-refractivity contribution >= 4 is 23.2 Å². The number of aromatic nitrogens is 1. The number of ether oxygens (including phenoxy) is 1. The molecule has 1 aromatic rings. The summed E-state index contributed by atoms with van der Waals surface area (Å²) in [6, 6.07) is 0. The molecule has 1 heterocycles. The van der Waals surface area contributed by atoms with Crippen molar-refractivity contribution in [3.05, 3.63) is 16.1 Å². The highest BCUT2D eigenvalue weighted by molar-refractivity contribution is 7.09. The van der Waals surface area contributed by atoms with E-state index in [1.165, 1.54) is 30.6 Å². The van der Waals surface area contributed by atoms with Crippen LogP contribution in [0.1, 0.15) is 88.1 Å². The van der Waals surface area contributed by atoms with Crippen LogP contribution in [0.2, 0.25) is 0 Å². The Hall–Kier alpha value is -1.43. The molecular weight excluding hydrogens is 348 g/mol. The van der Waals surface area contributed by atoms with Gasteiger partial charge in [0.1, 0.15) is 5.01 Å². The first-order valence-corrected chi connectivity index (χ1v) is 10.7. The van der Waals surface area contributed by atoms with E-state index in [1.54, 1.807) is 12.3 Å². The van der Waals surface area contributed by atoms with Gasteiger partial charge in [0.05, 0.1) is 13.2 Å². The van der Waals surface area contributed by atoms with Crippen molar-refractivity contribution in [3.8, 4) is 0 Å². The Morgan fingerprint density at radius 1 is 1.19 bits per heavy atom. The molecule has 5 nitrogen and oxygen atoms in total. The van der Waals surface area contributed by atoms with Gasteiger partial charge in [-0.25, -0.2) is 9.78 Å². The monoisotopic (exact) mass is 382 g/mol. The summed E-state index contributed by atoms with van der Waals surface area (Å²) in [4.78, 5) is 30.7. The standard InChI is InChI=1S/C20H34N2O3S/c1-5-7-8-9-10-11-19(23)22(13-12-16(3)4)14-18-21-17(15-26-18)20(24)25-6-2/h15-16H,5-14H2,1-4H3. The van der Waals surface area contributed by atoms with E-state index in [0.29, 0.717) is 31.2 Å². The second-order valence-corrected chi connectivity index (χ2v) is 7.95. The molecule has 0 aliphatic rings. The minimum Gasteiger partial charge on any atom is -0.461 e. The van der Waals surface area contributed by atoms with Gasteiger partial charge in [0, 0.05) is 18.3 Å². The number of hydrogen-bond acceptors (Lipinski definition) is 5. The van der Waals surface area contributed by atoms with Crippen LogP contribution in [-0.4, -0.2) is 34.9 Å². The molecule has 0 bridgehead atoms. The Labute approximate surface area is 162 Å². The lowest BCUT2D eigenvalue weighted by Gasteiger charge is -2.22. The zero-order chi connectivity index (χ0) is 19.4. The van der Waals surface area contributed by atoms with Gasteiger partial charge in [-0.3, -0.25) is 4.79 Å². The minimum atomic E-state index is -0.397. The second-order valence-electron chi connectivity index (χ2n) is 7.01. The van der Waals surface area contributed by atoms with Crippen molar-refractivity contribution < 1.29 is 14.3 Å². The smallest absolute Gasteiger partial charge is 0.357 e. The lowest BCUT2D eigenvalue weighted by molar-refractivity contribution is -0.132. The van der Waals surface area contributed by atoms with Crippen LogP contribution in [0.5, 0.6) is 0 Å². The van der Waals surface area contributed by atoms with Crippen LogP contribution in [0.25, 0.3) is 0 Å². The number of carbonyl (C=O) groups excluding carboxylic acids is 2. The van der Waals surface area contributed by atoms with Crippen LogP contribution in [0.4, 0.5) is 0 Å². The first kappa shape index (κ1) is 22.6. The third-order valence-corrected chi connectivity index (χ3v) is 5.02. The van der Waals surface area contributed by atoms with Crippen molar-refractivity contribution in [1.82, 2.24) is 9.88 Å². The first-order chi connectivity index (χ1) is 12.5. The largest absolute Gasteiger partial charge is 0.461 e. The van der Waals surface area contributed by atoms with Crippen LogP contribution in [0.3, 0.4) is 0 Å². The number of nitrogens with zero attached hydrogens (tertiary/aromatic N) is 2. The number of unbranched alkanes of at least 4 members (excludes halogenated alkanes) is 4. The number of esters is 1. The topological polar surface area (TPSA) is 59.5 Å². The summed E-state index contributed by atoms with van der Waals surface area (Å²) in [5.41, 5.74) is 0.336. The molecule has 0 unspecified atom stereocenters. The maximum atomic E-state index is 12.6. The fourth-order valence-corrected chi connectivity index (χ4v) is 3.37. The quantitative estimate of drug-likeness (QED) is 0.354. The summed E-state index contributed by atoms with van der Waals surface area (Å²) >= 11 is 1.41. The molecule has 1 amide bonds. The SMILES string of the molecule is CCCCCCCC(=O)N(CCC(C)C)Cc1nc(C(=O)OCC)cs1. The molecule has 0 N–H and O–H groups in total. The van der Waals surface area contributed by atoms with E-state index in [1.807, 2.05) is 4.90 Å². The Morgan fingerprint density at radius 3 is 2.58 bits per heavy atom. The Kier molecular flexibility index (Phi) is 11.2. The van der Waals surface area contributed by atoms with E-state index < -0.39 is 5.97 Å². The Morgan fingerprint density at radius 2 is 1.92 bits per heavy atom. The number of thiazole rings is 1. The highest BCUT2D eigenvalue weighted by Gasteiger charge is 2.18. The maximum Gasteiger partial charge on any atom is 0.357 e. The first-order valence-electron chi connectivity index (χ1n) is 9.87. The zero-order valence-corrected chi connectivity index (χ0v) is 17.6. The molecule has 26 heavy (non-hydrogen) atoms. The van der Waals surface area contributed by atoms with E-state index in [0.717, 1.165) is 30.8 Å². The van der Waals surface area contributed by atoms with E-state index in [9.17, 15) is 9.59 Å². The summed E-state index contributed by atoms with van der Waals surface area (Å²) in [6.45, 7) is 9.84. The highest BCUT2D eigenvalue weighted by atomic mass is 32.1. The lowest BCUT2D eigenvalue weighted by Crippen LogP contribution is -2.32. The van der Waals surface area contributed by atoms with Crippen LogP contribution >= 0.6 is 11.3 Å². The van der Waals surface area contributed by atoms with Gasteiger partial charge < -0.3 is 9.64 Å². The molecule has 0 saturated heterocycles. The third kappa shape index (κ3) is 8.79. The molecule has 0 aliphatic heterocycles. The molecular formula is C20H34N2O3S. The van der Waals surface area contributed by atoms with E-state index in [4.69, 9.17) is 4.74 Å². The fraction of sp³-hybridized carbons (Fsp3) is 0.750.